The van der Waals surface area contributed by atoms with Crippen LogP contribution in [0.2, 0.25) is 0 Å². The van der Waals surface area contributed by atoms with Gasteiger partial charge >= 0.3 is 0 Å². The van der Waals surface area contributed by atoms with Gasteiger partial charge in [0.25, 0.3) is 5.91 Å². The molecular weight excluding hydrogens is 335 g/mol. The van der Waals surface area contributed by atoms with E-state index in [0.717, 1.165) is 36.9 Å². The molecule has 2 aliphatic rings. The number of halogens is 1. The third-order valence-corrected chi connectivity index (χ3v) is 5.49. The molecule has 134 valence electrons. The van der Waals surface area contributed by atoms with Gasteiger partial charge in [-0.25, -0.2) is 4.39 Å². The smallest absolute Gasteiger partial charge is 0.281 e. The minimum absolute atomic E-state index is 0.126. The molecule has 0 bridgehead atoms. The van der Waals surface area contributed by atoms with Crippen LogP contribution in [0.5, 0.6) is 0 Å². The number of hydroxylamine groups is 1. The number of rotatable bonds is 2. The molecule has 1 atom stereocenters. The molecule has 2 aromatic rings. The second-order valence-corrected chi connectivity index (χ2v) is 7.04. The minimum Gasteiger partial charge on any atom is -0.356 e. The summed E-state index contributed by atoms with van der Waals surface area (Å²) in [5.41, 5.74) is 2.37. The van der Waals surface area contributed by atoms with Crippen LogP contribution in [0.1, 0.15) is 34.3 Å². The molecule has 6 heteroatoms. The van der Waals surface area contributed by atoms with Crippen molar-refractivity contribution in [1.82, 2.24) is 5.32 Å². The Morgan fingerprint density at radius 3 is 2.58 bits per heavy atom. The van der Waals surface area contributed by atoms with Crippen LogP contribution in [0.3, 0.4) is 0 Å². The van der Waals surface area contributed by atoms with Gasteiger partial charge in [0.05, 0.1) is 11.1 Å². The first-order chi connectivity index (χ1) is 12.5. The van der Waals surface area contributed by atoms with Gasteiger partial charge < -0.3 is 5.32 Å². The molecule has 2 amide bonds. The number of nitrogens with one attached hydrogen (secondary N) is 1. The third kappa shape index (κ3) is 2.76. The van der Waals surface area contributed by atoms with E-state index in [1.165, 1.54) is 24.3 Å². The predicted octanol–water partition coefficient (Wildman–Crippen LogP) is 2.86. The van der Waals surface area contributed by atoms with Gasteiger partial charge in [0.2, 0.25) is 5.91 Å². The van der Waals surface area contributed by atoms with Crippen LogP contribution in [0, 0.1) is 11.2 Å². The van der Waals surface area contributed by atoms with Crippen LogP contribution in [-0.4, -0.2) is 23.6 Å². The zero-order chi connectivity index (χ0) is 18.3. The Hall–Kier alpha value is -2.73. The van der Waals surface area contributed by atoms with Crippen molar-refractivity contribution in [3.05, 3.63) is 65.0 Å². The summed E-state index contributed by atoms with van der Waals surface area (Å²) < 4.78 is 13.0. The first-order valence-corrected chi connectivity index (χ1v) is 8.68. The zero-order valence-electron chi connectivity index (χ0n) is 14.2. The van der Waals surface area contributed by atoms with Gasteiger partial charge in [-0.2, -0.15) is 5.06 Å². The number of nitrogens with zero attached hydrogens (tertiary/aromatic N) is 1. The number of anilines is 1. The molecule has 1 fully saturated rings. The van der Waals surface area contributed by atoms with E-state index in [2.05, 4.69) is 5.32 Å². The fourth-order valence-corrected chi connectivity index (χ4v) is 3.94. The lowest BCUT2D eigenvalue weighted by Gasteiger charge is -2.32. The quantitative estimate of drug-likeness (QED) is 0.644. The number of hydrogen-bond acceptors (Lipinski definition) is 3. The monoisotopic (exact) mass is 354 g/mol. The van der Waals surface area contributed by atoms with E-state index in [1.807, 2.05) is 6.07 Å². The lowest BCUT2D eigenvalue weighted by molar-refractivity contribution is -0.128. The van der Waals surface area contributed by atoms with Crippen LogP contribution in [0.25, 0.3) is 0 Å². The topological polar surface area (TPSA) is 69.6 Å². The molecule has 4 rings (SSSR count). The summed E-state index contributed by atoms with van der Waals surface area (Å²) in [4.78, 5) is 24.7. The van der Waals surface area contributed by atoms with E-state index in [-0.39, 0.29) is 17.0 Å². The van der Waals surface area contributed by atoms with Crippen molar-refractivity contribution in [3.63, 3.8) is 0 Å². The Balaban J connectivity index is 1.57. The summed E-state index contributed by atoms with van der Waals surface area (Å²) in [7, 11) is 0. The maximum absolute atomic E-state index is 13.0. The summed E-state index contributed by atoms with van der Waals surface area (Å²) in [6, 6.07) is 10.4. The van der Waals surface area contributed by atoms with Crippen molar-refractivity contribution >= 4 is 17.5 Å². The van der Waals surface area contributed by atoms with E-state index >= 15 is 0 Å². The lowest BCUT2D eigenvalue weighted by atomic mass is 9.70. The number of aryl methyl sites for hydroxylation is 1. The van der Waals surface area contributed by atoms with Crippen molar-refractivity contribution < 1.29 is 19.2 Å². The van der Waals surface area contributed by atoms with E-state index < -0.39 is 11.7 Å². The first kappa shape index (κ1) is 16.7. The standard InChI is InChI=1S/C20H19FN2O3/c21-16-3-5-17(6-4-16)23(26)18(24)14-1-2-15-12-20(8-7-13(15)11-14)9-10-22-19(20)25/h1-6,11,26H,7-10,12H2,(H,22,25)/t20-/m1/s1. The average molecular weight is 354 g/mol. The van der Waals surface area contributed by atoms with Gasteiger partial charge in [0.15, 0.2) is 0 Å². The molecule has 0 saturated carbocycles. The van der Waals surface area contributed by atoms with Gasteiger partial charge in [-0.1, -0.05) is 6.07 Å². The number of carbonyl (C=O) groups excluding carboxylic acids is 2. The molecule has 0 aromatic heterocycles. The molecule has 1 aliphatic heterocycles. The van der Waals surface area contributed by atoms with Gasteiger partial charge in [-0.05, 0) is 73.2 Å². The Morgan fingerprint density at radius 1 is 1.12 bits per heavy atom. The van der Waals surface area contributed by atoms with Gasteiger partial charge in [0.1, 0.15) is 5.82 Å². The van der Waals surface area contributed by atoms with Crippen LogP contribution in [0.15, 0.2) is 42.5 Å². The summed E-state index contributed by atoms with van der Waals surface area (Å²) in [5, 5.41) is 13.6. The Bertz CT molecular complexity index is 881. The molecule has 1 aliphatic carbocycles. The van der Waals surface area contributed by atoms with E-state index in [1.54, 1.807) is 12.1 Å². The highest BCUT2D eigenvalue weighted by atomic mass is 19.1. The summed E-state index contributed by atoms with van der Waals surface area (Å²) in [6.07, 6.45) is 3.03. The van der Waals surface area contributed by atoms with Crippen molar-refractivity contribution in [3.8, 4) is 0 Å². The molecular formula is C20H19FN2O3. The van der Waals surface area contributed by atoms with E-state index in [9.17, 15) is 19.2 Å². The molecule has 0 radical (unpaired) electrons. The van der Waals surface area contributed by atoms with Gasteiger partial charge in [-0.3, -0.25) is 14.8 Å². The summed E-state index contributed by atoms with van der Waals surface area (Å²) in [6.45, 7) is 0.724. The summed E-state index contributed by atoms with van der Waals surface area (Å²) in [5.74, 6) is -0.882. The van der Waals surface area contributed by atoms with Crippen LogP contribution in [-0.2, 0) is 17.6 Å². The Kier molecular flexibility index (Phi) is 4.00. The van der Waals surface area contributed by atoms with E-state index in [0.29, 0.717) is 17.0 Å². The third-order valence-electron chi connectivity index (χ3n) is 5.49. The highest BCUT2D eigenvalue weighted by Gasteiger charge is 2.44. The zero-order valence-corrected chi connectivity index (χ0v) is 14.2. The molecule has 1 saturated heterocycles. The predicted molar refractivity (Wildman–Crippen MR) is 93.5 cm³/mol. The van der Waals surface area contributed by atoms with Crippen molar-refractivity contribution in [2.45, 2.75) is 25.7 Å². The molecule has 0 unspecified atom stereocenters. The van der Waals surface area contributed by atoms with Crippen molar-refractivity contribution in [1.29, 1.82) is 0 Å². The molecule has 1 spiro atoms. The summed E-state index contributed by atoms with van der Waals surface area (Å²) >= 11 is 0. The fourth-order valence-electron chi connectivity index (χ4n) is 3.94. The molecule has 2 N–H and O–H groups in total. The number of fused-ring (bicyclic) bond motifs is 1. The normalized spacial score (nSPS) is 21.4. The van der Waals surface area contributed by atoms with Gasteiger partial charge in [0, 0.05) is 12.1 Å². The number of hydrogen-bond donors (Lipinski definition) is 2. The Morgan fingerprint density at radius 2 is 1.88 bits per heavy atom. The molecule has 1 heterocycles. The van der Waals surface area contributed by atoms with Crippen LogP contribution >= 0.6 is 0 Å². The van der Waals surface area contributed by atoms with Crippen molar-refractivity contribution in [2.24, 2.45) is 5.41 Å². The lowest BCUT2D eigenvalue weighted by Crippen LogP contribution is -2.36. The highest BCUT2D eigenvalue weighted by Crippen LogP contribution is 2.41. The second-order valence-electron chi connectivity index (χ2n) is 7.04. The SMILES string of the molecule is O=C(c1ccc2c(c1)CC[C@@]1(CCNC1=O)C2)N(O)c1ccc(F)cc1. The van der Waals surface area contributed by atoms with Gasteiger partial charge in [-0.15, -0.1) is 0 Å². The molecule has 26 heavy (non-hydrogen) atoms. The van der Waals surface area contributed by atoms with E-state index in [4.69, 9.17) is 0 Å². The number of benzene rings is 2. The average Bonchev–Trinajstić information content (AvgIpc) is 3.00. The Labute approximate surface area is 150 Å². The van der Waals surface area contributed by atoms with Crippen LogP contribution in [0.4, 0.5) is 10.1 Å². The maximum Gasteiger partial charge on any atom is 0.281 e. The molecule has 2 aromatic carbocycles. The fraction of sp³-hybridized carbons (Fsp3) is 0.300. The van der Waals surface area contributed by atoms with Crippen LogP contribution < -0.4 is 10.4 Å². The van der Waals surface area contributed by atoms with Crippen molar-refractivity contribution in [2.75, 3.05) is 11.6 Å². The molecule has 5 nitrogen and oxygen atoms in total. The second kappa shape index (κ2) is 6.21. The largest absolute Gasteiger partial charge is 0.356 e. The minimum atomic E-state index is -0.571. The highest BCUT2D eigenvalue weighted by molar-refractivity contribution is 6.04. The number of amides is 2. The number of carbonyl (C=O) groups is 2. The maximum atomic E-state index is 13.0. The first-order valence-electron chi connectivity index (χ1n) is 8.68.